The Morgan fingerprint density at radius 3 is 2.54 bits per heavy atom. The molecule has 0 radical (unpaired) electrons. The quantitative estimate of drug-likeness (QED) is 0.572. The van der Waals surface area contributed by atoms with Crippen molar-refractivity contribution in [3.8, 4) is 0 Å². The highest BCUT2D eigenvalue weighted by Crippen LogP contribution is 2.16. The summed E-state index contributed by atoms with van der Waals surface area (Å²) in [5.41, 5.74) is 1.31. The number of aliphatic imine (C=N–C) groups is 1. The van der Waals surface area contributed by atoms with Crippen LogP contribution in [0.15, 0.2) is 29.3 Å². The summed E-state index contributed by atoms with van der Waals surface area (Å²) in [6.07, 6.45) is 2.20. The molecule has 2 aromatic rings. The molecule has 0 bridgehead atoms. The maximum absolute atomic E-state index is 5.97. The lowest BCUT2D eigenvalue weighted by atomic mass is 10.0. The minimum absolute atomic E-state index is 0.431. The predicted octanol–water partition coefficient (Wildman–Crippen LogP) is 2.50. The van der Waals surface area contributed by atoms with Crippen molar-refractivity contribution in [1.29, 1.82) is 0 Å². The summed E-state index contributed by atoms with van der Waals surface area (Å²) in [5, 5.41) is 16.0. The first-order valence-corrected chi connectivity index (χ1v) is 10.3. The van der Waals surface area contributed by atoms with Gasteiger partial charge in [-0.15, -0.1) is 10.2 Å². The van der Waals surface area contributed by atoms with Crippen molar-refractivity contribution >= 4 is 17.6 Å². The molecule has 1 aliphatic heterocycles. The van der Waals surface area contributed by atoms with Crippen LogP contribution in [0.2, 0.25) is 5.02 Å². The Kier molecular flexibility index (Phi) is 7.28. The van der Waals surface area contributed by atoms with Crippen molar-refractivity contribution in [2.45, 2.75) is 45.8 Å². The summed E-state index contributed by atoms with van der Waals surface area (Å²) in [5.74, 6) is 2.61. The van der Waals surface area contributed by atoms with Crippen LogP contribution in [0.1, 0.15) is 37.0 Å². The highest BCUT2D eigenvalue weighted by Gasteiger charge is 2.20. The van der Waals surface area contributed by atoms with E-state index in [2.05, 4.69) is 44.8 Å². The smallest absolute Gasteiger partial charge is 0.191 e. The summed E-state index contributed by atoms with van der Waals surface area (Å²) in [6.45, 7) is 8.50. The topological polar surface area (TPSA) is 70.4 Å². The number of benzene rings is 1. The van der Waals surface area contributed by atoms with Gasteiger partial charge >= 0.3 is 0 Å². The van der Waals surface area contributed by atoms with Crippen molar-refractivity contribution in [2.75, 3.05) is 19.6 Å². The van der Waals surface area contributed by atoms with Gasteiger partial charge in [-0.2, -0.15) is 0 Å². The first kappa shape index (κ1) is 20.6. The van der Waals surface area contributed by atoms with E-state index in [0.717, 1.165) is 61.7 Å². The van der Waals surface area contributed by atoms with E-state index in [4.69, 9.17) is 16.6 Å². The van der Waals surface area contributed by atoms with Crippen molar-refractivity contribution < 1.29 is 0 Å². The van der Waals surface area contributed by atoms with Gasteiger partial charge in [0.25, 0.3) is 0 Å². The molecule has 28 heavy (non-hydrogen) atoms. The fourth-order valence-electron chi connectivity index (χ4n) is 3.34. The maximum Gasteiger partial charge on any atom is 0.191 e. The molecular weight excluding hydrogens is 374 g/mol. The van der Waals surface area contributed by atoms with Crippen molar-refractivity contribution in [1.82, 2.24) is 30.3 Å². The van der Waals surface area contributed by atoms with Gasteiger partial charge in [-0.25, -0.2) is 4.99 Å². The highest BCUT2D eigenvalue weighted by molar-refractivity contribution is 6.30. The van der Waals surface area contributed by atoms with E-state index in [1.165, 1.54) is 5.56 Å². The van der Waals surface area contributed by atoms with Gasteiger partial charge < -0.3 is 15.2 Å². The number of piperidine rings is 1. The third-order valence-corrected chi connectivity index (χ3v) is 5.41. The van der Waals surface area contributed by atoms with Gasteiger partial charge in [0.15, 0.2) is 11.8 Å². The van der Waals surface area contributed by atoms with Crippen molar-refractivity contribution in [2.24, 2.45) is 12.0 Å². The molecule has 152 valence electrons. The third kappa shape index (κ3) is 5.69. The van der Waals surface area contributed by atoms with E-state index in [1.54, 1.807) is 0 Å². The monoisotopic (exact) mass is 403 g/mol. The Labute approximate surface area is 172 Å². The van der Waals surface area contributed by atoms with E-state index in [-0.39, 0.29) is 0 Å². The molecule has 0 aliphatic carbocycles. The first-order valence-electron chi connectivity index (χ1n) is 9.91. The number of nitrogens with zero attached hydrogens (tertiary/aromatic N) is 5. The molecule has 0 unspecified atom stereocenters. The molecule has 8 heteroatoms. The molecule has 0 spiro atoms. The summed E-state index contributed by atoms with van der Waals surface area (Å²) in [6, 6.07) is 8.57. The van der Waals surface area contributed by atoms with Gasteiger partial charge in [0.2, 0.25) is 0 Å². The van der Waals surface area contributed by atoms with Crippen LogP contribution < -0.4 is 10.6 Å². The summed E-state index contributed by atoms with van der Waals surface area (Å²) in [7, 11) is 1.97. The summed E-state index contributed by atoms with van der Waals surface area (Å²) >= 11 is 5.97. The molecule has 0 saturated carbocycles. The molecule has 1 aromatic carbocycles. The lowest BCUT2D eigenvalue weighted by Crippen LogP contribution is -2.48. The number of aryl methyl sites for hydroxylation is 1. The molecule has 7 nitrogen and oxygen atoms in total. The largest absolute Gasteiger partial charge is 0.357 e. The lowest BCUT2D eigenvalue weighted by molar-refractivity contribution is 0.198. The Hall–Kier alpha value is -2.12. The number of likely N-dealkylation sites (tertiary alicyclic amines) is 1. The van der Waals surface area contributed by atoms with Crippen LogP contribution in [0.25, 0.3) is 0 Å². The Balaban J connectivity index is 1.50. The SMILES string of the molecule is CCNC(=NCc1nnc(C)n1C)NC1CCN(Cc2ccc(Cl)cc2)CC1. The zero-order chi connectivity index (χ0) is 19.9. The van der Waals surface area contributed by atoms with E-state index < -0.39 is 0 Å². The summed E-state index contributed by atoms with van der Waals surface area (Å²) in [4.78, 5) is 7.19. The van der Waals surface area contributed by atoms with E-state index in [0.29, 0.717) is 12.6 Å². The zero-order valence-corrected chi connectivity index (χ0v) is 17.7. The highest BCUT2D eigenvalue weighted by atomic mass is 35.5. The van der Waals surface area contributed by atoms with Gasteiger partial charge in [-0.3, -0.25) is 4.90 Å². The molecule has 3 rings (SSSR count). The molecular formula is C20H30ClN7. The van der Waals surface area contributed by atoms with Gasteiger partial charge in [0.05, 0.1) is 0 Å². The van der Waals surface area contributed by atoms with Gasteiger partial charge in [-0.05, 0) is 44.4 Å². The molecule has 1 aromatic heterocycles. The minimum atomic E-state index is 0.431. The molecule has 1 saturated heterocycles. The lowest BCUT2D eigenvalue weighted by Gasteiger charge is -2.33. The standard InChI is InChI=1S/C20H30ClN7/c1-4-22-20(23-13-19-26-25-15(2)27(19)3)24-18-9-11-28(12-10-18)14-16-5-7-17(21)8-6-16/h5-8,18H,4,9-14H2,1-3H3,(H2,22,23,24). The predicted molar refractivity (Wildman–Crippen MR) is 113 cm³/mol. The van der Waals surface area contributed by atoms with Crippen molar-refractivity contribution in [3.05, 3.63) is 46.5 Å². The first-order chi connectivity index (χ1) is 13.5. The Morgan fingerprint density at radius 1 is 1.21 bits per heavy atom. The number of halogens is 1. The Bertz CT molecular complexity index is 776. The van der Waals surface area contributed by atoms with Crippen LogP contribution >= 0.6 is 11.6 Å². The number of hydrogen-bond acceptors (Lipinski definition) is 4. The number of rotatable bonds is 6. The Morgan fingerprint density at radius 2 is 1.93 bits per heavy atom. The summed E-state index contributed by atoms with van der Waals surface area (Å²) < 4.78 is 1.97. The number of nitrogens with one attached hydrogen (secondary N) is 2. The van der Waals surface area contributed by atoms with Crippen molar-refractivity contribution in [3.63, 3.8) is 0 Å². The molecule has 1 fully saturated rings. The molecule has 1 aliphatic rings. The third-order valence-electron chi connectivity index (χ3n) is 5.15. The molecule has 2 heterocycles. The molecule has 0 amide bonds. The fourth-order valence-corrected chi connectivity index (χ4v) is 3.46. The van der Waals surface area contributed by atoms with Gasteiger partial charge in [-0.1, -0.05) is 23.7 Å². The maximum atomic E-state index is 5.97. The molecule has 2 N–H and O–H groups in total. The van der Waals surface area contributed by atoms with Crippen LogP contribution in [0.3, 0.4) is 0 Å². The number of hydrogen-bond donors (Lipinski definition) is 2. The van der Waals surface area contributed by atoms with Gasteiger partial charge in [0, 0.05) is 44.3 Å². The second-order valence-electron chi connectivity index (χ2n) is 7.24. The molecule has 0 atom stereocenters. The van der Waals surface area contributed by atoms with Crippen LogP contribution in [0.4, 0.5) is 0 Å². The average Bonchev–Trinajstić information content (AvgIpc) is 3.01. The van der Waals surface area contributed by atoms with Crippen LogP contribution in [0, 0.1) is 6.92 Å². The zero-order valence-electron chi connectivity index (χ0n) is 17.0. The van der Waals surface area contributed by atoms with Crippen LogP contribution in [0.5, 0.6) is 0 Å². The van der Waals surface area contributed by atoms with E-state index >= 15 is 0 Å². The van der Waals surface area contributed by atoms with E-state index in [9.17, 15) is 0 Å². The number of aromatic nitrogens is 3. The second kappa shape index (κ2) is 9.89. The van der Waals surface area contributed by atoms with E-state index in [1.807, 2.05) is 30.7 Å². The van der Waals surface area contributed by atoms with Gasteiger partial charge in [0.1, 0.15) is 12.4 Å². The normalized spacial score (nSPS) is 16.4. The van der Waals surface area contributed by atoms with Crippen LogP contribution in [-0.4, -0.2) is 51.3 Å². The fraction of sp³-hybridized carbons (Fsp3) is 0.550. The van der Waals surface area contributed by atoms with Crippen LogP contribution in [-0.2, 0) is 20.1 Å². The second-order valence-corrected chi connectivity index (χ2v) is 7.68. The number of guanidine groups is 1. The minimum Gasteiger partial charge on any atom is -0.357 e. The average molecular weight is 404 g/mol.